The molecular weight excluding hydrogens is 304 g/mol. The molecule has 3 N–H and O–H groups in total. The molecule has 0 atom stereocenters. The molecule has 0 bridgehead atoms. The van der Waals surface area contributed by atoms with Gasteiger partial charge in [0.15, 0.2) is 0 Å². The summed E-state index contributed by atoms with van der Waals surface area (Å²) in [6.45, 7) is -0.130. The molecule has 1 heterocycles. The van der Waals surface area contributed by atoms with Gasteiger partial charge in [0.2, 0.25) is 5.91 Å². The first-order valence-corrected chi connectivity index (χ1v) is 7.45. The van der Waals surface area contributed by atoms with E-state index in [9.17, 15) is 9.59 Å². The lowest BCUT2D eigenvalue weighted by Crippen LogP contribution is -2.35. The van der Waals surface area contributed by atoms with Crippen LogP contribution in [-0.4, -0.2) is 23.5 Å². The van der Waals surface area contributed by atoms with E-state index in [-0.39, 0.29) is 12.5 Å². The first kappa shape index (κ1) is 15.5. The summed E-state index contributed by atoms with van der Waals surface area (Å²) in [4.78, 5) is 27.7. The highest BCUT2D eigenvalue weighted by atomic mass is 16.2. The largest absolute Gasteiger partial charge is 0.329 e. The van der Waals surface area contributed by atoms with Gasteiger partial charge < -0.3 is 16.0 Å². The summed E-state index contributed by atoms with van der Waals surface area (Å²) < 4.78 is 0. The highest BCUT2D eigenvalue weighted by molar-refractivity contribution is 6.03. The number of hydrogen-bond acceptors (Lipinski definition) is 3. The van der Waals surface area contributed by atoms with Crippen molar-refractivity contribution in [1.82, 2.24) is 10.3 Å². The summed E-state index contributed by atoms with van der Waals surface area (Å²) in [5, 5.41) is 9.91. The molecule has 3 aromatic rings. The van der Waals surface area contributed by atoms with E-state index in [1.54, 1.807) is 18.3 Å². The summed E-state index contributed by atoms with van der Waals surface area (Å²) >= 11 is 0. The van der Waals surface area contributed by atoms with Gasteiger partial charge in [0.1, 0.15) is 0 Å². The van der Waals surface area contributed by atoms with Crippen molar-refractivity contribution in [3.8, 4) is 0 Å². The number of nitrogens with one attached hydrogen (secondary N) is 3. The van der Waals surface area contributed by atoms with Gasteiger partial charge in [0, 0.05) is 17.3 Å². The third kappa shape index (κ3) is 3.86. The number of fused-ring (bicyclic) bond motifs is 1. The van der Waals surface area contributed by atoms with Crippen molar-refractivity contribution < 1.29 is 9.59 Å². The minimum atomic E-state index is -0.462. The molecular formula is C18H16N4O2. The molecule has 3 rings (SSSR count). The molecule has 2 aromatic carbocycles. The molecule has 0 saturated carbocycles. The number of carbonyl (C=O) groups excluding carboxylic acids is 2. The maximum Gasteiger partial charge on any atom is 0.319 e. The number of amides is 3. The van der Waals surface area contributed by atoms with Crippen LogP contribution in [0.3, 0.4) is 0 Å². The highest BCUT2D eigenvalue weighted by Crippen LogP contribution is 2.22. The maximum atomic E-state index is 12.0. The minimum absolute atomic E-state index is 0.130. The average molecular weight is 320 g/mol. The third-order valence-electron chi connectivity index (χ3n) is 3.39. The van der Waals surface area contributed by atoms with Gasteiger partial charge in [-0.15, -0.1) is 0 Å². The Morgan fingerprint density at radius 2 is 1.75 bits per heavy atom. The number of aromatic nitrogens is 1. The molecule has 0 spiro atoms. The Hall–Kier alpha value is -3.41. The second-order valence-electron chi connectivity index (χ2n) is 5.12. The molecule has 0 aliphatic heterocycles. The van der Waals surface area contributed by atoms with Crippen LogP contribution in [0, 0.1) is 0 Å². The molecule has 0 fully saturated rings. The van der Waals surface area contributed by atoms with Crippen LogP contribution >= 0.6 is 0 Å². The number of nitrogens with zero attached hydrogens (tertiary/aromatic N) is 1. The van der Waals surface area contributed by atoms with Crippen LogP contribution < -0.4 is 16.0 Å². The highest BCUT2D eigenvalue weighted by Gasteiger charge is 2.08. The molecule has 1 aromatic heterocycles. The van der Waals surface area contributed by atoms with Crippen molar-refractivity contribution in [3.63, 3.8) is 0 Å². The van der Waals surface area contributed by atoms with E-state index in [4.69, 9.17) is 0 Å². The molecule has 0 aliphatic carbocycles. The van der Waals surface area contributed by atoms with Crippen LogP contribution in [0.15, 0.2) is 67.0 Å². The van der Waals surface area contributed by atoms with E-state index >= 15 is 0 Å². The molecule has 0 aliphatic rings. The molecule has 0 radical (unpaired) electrons. The Labute approximate surface area is 138 Å². The molecule has 3 amide bonds. The van der Waals surface area contributed by atoms with Crippen LogP contribution in [-0.2, 0) is 4.79 Å². The minimum Gasteiger partial charge on any atom is -0.329 e. The summed E-state index contributed by atoms with van der Waals surface area (Å²) in [5.41, 5.74) is 1.28. The molecule has 6 nitrogen and oxygen atoms in total. The smallest absolute Gasteiger partial charge is 0.319 e. The zero-order chi connectivity index (χ0) is 16.8. The Balaban J connectivity index is 1.56. The lowest BCUT2D eigenvalue weighted by molar-refractivity contribution is -0.115. The molecule has 24 heavy (non-hydrogen) atoms. The Bertz CT molecular complexity index is 860. The third-order valence-corrected chi connectivity index (χ3v) is 3.39. The number of urea groups is 1. The van der Waals surface area contributed by atoms with E-state index < -0.39 is 6.03 Å². The van der Waals surface area contributed by atoms with Crippen LogP contribution in [0.4, 0.5) is 16.2 Å². The first-order valence-electron chi connectivity index (χ1n) is 7.45. The van der Waals surface area contributed by atoms with Gasteiger partial charge in [-0.2, -0.15) is 0 Å². The Kier molecular flexibility index (Phi) is 4.67. The fourth-order valence-corrected chi connectivity index (χ4v) is 2.30. The fourth-order valence-electron chi connectivity index (χ4n) is 2.30. The SMILES string of the molecule is O=C(CNC(=O)Nc1cccnc1)Nc1cccc2ccccc12. The first-order chi connectivity index (χ1) is 11.7. The number of anilines is 2. The topological polar surface area (TPSA) is 83.1 Å². The molecule has 0 unspecified atom stereocenters. The summed E-state index contributed by atoms with van der Waals surface area (Å²) in [6.07, 6.45) is 3.14. The van der Waals surface area contributed by atoms with Crippen LogP contribution in [0.1, 0.15) is 0 Å². The predicted molar refractivity (Wildman–Crippen MR) is 93.8 cm³/mol. The fraction of sp³-hybridized carbons (Fsp3) is 0.0556. The monoisotopic (exact) mass is 320 g/mol. The molecule has 0 saturated heterocycles. The summed E-state index contributed by atoms with van der Waals surface area (Å²) in [7, 11) is 0. The second-order valence-corrected chi connectivity index (χ2v) is 5.12. The van der Waals surface area contributed by atoms with Crippen molar-refractivity contribution in [2.75, 3.05) is 17.2 Å². The van der Waals surface area contributed by atoms with E-state index in [1.165, 1.54) is 6.20 Å². The van der Waals surface area contributed by atoms with Crippen LogP contribution in [0.2, 0.25) is 0 Å². The van der Waals surface area contributed by atoms with Gasteiger partial charge in [-0.05, 0) is 23.6 Å². The van der Waals surface area contributed by atoms with Gasteiger partial charge in [-0.25, -0.2) is 4.79 Å². The van der Waals surface area contributed by atoms with E-state index in [0.717, 1.165) is 10.8 Å². The van der Waals surface area contributed by atoms with Gasteiger partial charge in [-0.1, -0.05) is 36.4 Å². The number of benzene rings is 2. The van der Waals surface area contributed by atoms with Crippen molar-refractivity contribution in [3.05, 3.63) is 67.0 Å². The standard InChI is InChI=1S/C18H16N4O2/c23-17(12-20-18(24)21-14-7-4-10-19-11-14)22-16-9-3-6-13-5-1-2-8-15(13)16/h1-11H,12H2,(H,22,23)(H2,20,21,24). The van der Waals surface area contributed by atoms with Crippen LogP contribution in [0.25, 0.3) is 10.8 Å². The van der Waals surface area contributed by atoms with Gasteiger partial charge in [-0.3, -0.25) is 9.78 Å². The van der Waals surface area contributed by atoms with Crippen molar-refractivity contribution >= 4 is 34.1 Å². The van der Waals surface area contributed by atoms with E-state index in [2.05, 4.69) is 20.9 Å². The quantitative estimate of drug-likeness (QED) is 0.691. The van der Waals surface area contributed by atoms with Crippen molar-refractivity contribution in [2.45, 2.75) is 0 Å². The Morgan fingerprint density at radius 1 is 0.917 bits per heavy atom. The zero-order valence-electron chi connectivity index (χ0n) is 12.8. The summed E-state index contributed by atoms with van der Waals surface area (Å²) in [6, 6.07) is 16.4. The number of hydrogen-bond donors (Lipinski definition) is 3. The average Bonchev–Trinajstić information content (AvgIpc) is 2.61. The van der Waals surface area contributed by atoms with Gasteiger partial charge >= 0.3 is 6.03 Å². The lowest BCUT2D eigenvalue weighted by atomic mass is 10.1. The van der Waals surface area contributed by atoms with Crippen LogP contribution in [0.5, 0.6) is 0 Å². The van der Waals surface area contributed by atoms with Crippen molar-refractivity contribution in [2.24, 2.45) is 0 Å². The summed E-state index contributed by atoms with van der Waals surface area (Å²) in [5.74, 6) is -0.298. The Morgan fingerprint density at radius 3 is 2.58 bits per heavy atom. The maximum absolute atomic E-state index is 12.0. The predicted octanol–water partition coefficient (Wildman–Crippen LogP) is 3.00. The number of pyridine rings is 1. The van der Waals surface area contributed by atoms with Gasteiger partial charge in [0.25, 0.3) is 0 Å². The number of carbonyl (C=O) groups is 2. The normalized spacial score (nSPS) is 10.2. The van der Waals surface area contributed by atoms with E-state index in [0.29, 0.717) is 11.4 Å². The van der Waals surface area contributed by atoms with Gasteiger partial charge in [0.05, 0.1) is 18.4 Å². The van der Waals surface area contributed by atoms with Crippen molar-refractivity contribution in [1.29, 1.82) is 0 Å². The lowest BCUT2D eigenvalue weighted by Gasteiger charge is -2.10. The zero-order valence-corrected chi connectivity index (χ0v) is 12.8. The van der Waals surface area contributed by atoms with E-state index in [1.807, 2.05) is 42.5 Å². The number of rotatable bonds is 4. The molecule has 6 heteroatoms. The second kappa shape index (κ2) is 7.23. The molecule has 120 valence electrons.